The first-order chi connectivity index (χ1) is 8.77. The monoisotopic (exact) mass is 264 g/mol. The first-order valence-electron chi connectivity index (χ1n) is 6.26. The fourth-order valence-corrected chi connectivity index (χ4v) is 2.33. The van der Waals surface area contributed by atoms with E-state index in [-0.39, 0.29) is 6.42 Å². The Labute approximate surface area is 113 Å². The molecule has 4 heteroatoms. The Morgan fingerprint density at radius 3 is 2.05 bits per heavy atom. The maximum Gasteiger partial charge on any atom is 0.220 e. The van der Waals surface area contributed by atoms with E-state index in [2.05, 4.69) is 4.89 Å². The summed E-state index contributed by atoms with van der Waals surface area (Å²) in [6.07, 6.45) is 0.118. The molecule has 4 nitrogen and oxygen atoms in total. The molecular weight excluding hydrogens is 244 g/mol. The summed E-state index contributed by atoms with van der Waals surface area (Å²) in [5, 5.41) is 9.01. The Hall–Kier alpha value is -1.52. The van der Waals surface area contributed by atoms with Crippen molar-refractivity contribution in [2.45, 2.75) is 46.6 Å². The molecular formula is C15H20O4. The van der Waals surface area contributed by atoms with E-state index in [4.69, 9.17) is 5.26 Å². The fraction of sp³-hybridized carbons (Fsp3) is 0.467. The number of rotatable bonds is 5. The summed E-state index contributed by atoms with van der Waals surface area (Å²) in [4.78, 5) is 28.7. The summed E-state index contributed by atoms with van der Waals surface area (Å²) >= 11 is 0. The average Bonchev–Trinajstić information content (AvgIpc) is 2.35. The van der Waals surface area contributed by atoms with E-state index < -0.39 is 17.2 Å². The van der Waals surface area contributed by atoms with Gasteiger partial charge in [0.1, 0.15) is 0 Å². The predicted octanol–water partition coefficient (Wildman–Crippen LogP) is 3.02. The third-order valence-corrected chi connectivity index (χ3v) is 3.37. The summed E-state index contributed by atoms with van der Waals surface area (Å²) in [6.45, 7) is 8.48. The number of aryl methyl sites for hydroxylation is 3. The Morgan fingerprint density at radius 2 is 1.68 bits per heavy atom. The van der Waals surface area contributed by atoms with Gasteiger partial charge in [0, 0.05) is 12.0 Å². The molecule has 0 radical (unpaired) electrons. The molecule has 0 saturated heterocycles. The zero-order chi connectivity index (χ0) is 14.8. The SMILES string of the molecule is CCC(=O)C(C)(OO)C(=O)c1c(C)cc(C)cc1C. The van der Waals surface area contributed by atoms with Gasteiger partial charge in [-0.05, 0) is 38.8 Å². The van der Waals surface area contributed by atoms with Crippen molar-refractivity contribution in [2.75, 3.05) is 0 Å². The third kappa shape index (κ3) is 2.74. The highest BCUT2D eigenvalue weighted by Gasteiger charge is 2.43. The molecule has 0 fully saturated rings. The van der Waals surface area contributed by atoms with Crippen molar-refractivity contribution >= 4 is 11.6 Å². The van der Waals surface area contributed by atoms with Crippen molar-refractivity contribution in [1.82, 2.24) is 0 Å². The molecule has 0 amide bonds. The highest BCUT2D eigenvalue weighted by Crippen LogP contribution is 2.25. The number of hydrogen-bond acceptors (Lipinski definition) is 4. The van der Waals surface area contributed by atoms with Gasteiger partial charge in [-0.25, -0.2) is 4.89 Å². The number of carbonyl (C=O) groups excluding carboxylic acids is 2. The van der Waals surface area contributed by atoms with Crippen molar-refractivity contribution in [2.24, 2.45) is 0 Å². The first-order valence-corrected chi connectivity index (χ1v) is 6.26. The first kappa shape index (κ1) is 15.5. The second-order valence-electron chi connectivity index (χ2n) is 5.00. The second kappa shape index (κ2) is 5.63. The lowest BCUT2D eigenvalue weighted by Gasteiger charge is -2.24. The van der Waals surface area contributed by atoms with E-state index in [9.17, 15) is 9.59 Å². The van der Waals surface area contributed by atoms with Crippen LogP contribution < -0.4 is 0 Å². The Bertz CT molecular complexity index is 496. The maximum absolute atomic E-state index is 12.5. The maximum atomic E-state index is 12.5. The molecule has 0 aliphatic heterocycles. The number of benzene rings is 1. The molecule has 0 bridgehead atoms. The van der Waals surface area contributed by atoms with Crippen molar-refractivity contribution in [3.05, 3.63) is 34.4 Å². The van der Waals surface area contributed by atoms with Crippen LogP contribution in [0.15, 0.2) is 12.1 Å². The van der Waals surface area contributed by atoms with Crippen LogP contribution in [-0.2, 0) is 9.68 Å². The van der Waals surface area contributed by atoms with E-state index >= 15 is 0 Å². The van der Waals surface area contributed by atoms with Gasteiger partial charge in [0.05, 0.1) is 0 Å². The molecule has 0 spiro atoms. The van der Waals surface area contributed by atoms with Crippen molar-refractivity contribution in [3.63, 3.8) is 0 Å². The smallest absolute Gasteiger partial charge is 0.220 e. The number of carbonyl (C=O) groups is 2. The van der Waals surface area contributed by atoms with Crippen LogP contribution in [0.5, 0.6) is 0 Å². The highest BCUT2D eigenvalue weighted by atomic mass is 17.1. The van der Waals surface area contributed by atoms with Crippen LogP contribution in [0.4, 0.5) is 0 Å². The van der Waals surface area contributed by atoms with E-state index in [1.54, 1.807) is 20.8 Å². The Kier molecular flexibility index (Phi) is 4.61. The number of ketones is 2. The molecule has 1 aromatic carbocycles. The third-order valence-electron chi connectivity index (χ3n) is 3.37. The number of hydrogen-bond donors (Lipinski definition) is 1. The molecule has 1 atom stereocenters. The summed E-state index contributed by atoms with van der Waals surface area (Å²) < 4.78 is 0. The molecule has 1 unspecified atom stereocenters. The minimum atomic E-state index is -1.83. The normalized spacial score (nSPS) is 14.0. The number of Topliss-reactive ketones (excluding diaryl/α,β-unsaturated/α-hetero) is 2. The molecule has 0 aliphatic carbocycles. The minimum Gasteiger partial charge on any atom is -0.296 e. The van der Waals surface area contributed by atoms with Gasteiger partial charge in [-0.3, -0.25) is 14.8 Å². The fourth-order valence-electron chi connectivity index (χ4n) is 2.33. The standard InChI is InChI=1S/C15H20O4/c1-6-12(16)15(5,19-18)14(17)13-10(3)7-9(2)8-11(13)4/h7-8,18H,6H2,1-5H3. The molecule has 0 aliphatic rings. The molecule has 0 aromatic heterocycles. The lowest BCUT2D eigenvalue weighted by atomic mass is 9.85. The van der Waals surface area contributed by atoms with Gasteiger partial charge in [-0.15, -0.1) is 0 Å². The van der Waals surface area contributed by atoms with Crippen LogP contribution in [0.3, 0.4) is 0 Å². The van der Waals surface area contributed by atoms with Crippen LogP contribution in [0.25, 0.3) is 0 Å². The Morgan fingerprint density at radius 1 is 1.21 bits per heavy atom. The molecule has 1 rings (SSSR count). The van der Waals surface area contributed by atoms with Crippen LogP contribution in [0, 0.1) is 20.8 Å². The van der Waals surface area contributed by atoms with Gasteiger partial charge in [0.25, 0.3) is 0 Å². The lowest BCUT2D eigenvalue weighted by molar-refractivity contribution is -0.289. The van der Waals surface area contributed by atoms with Gasteiger partial charge < -0.3 is 0 Å². The van der Waals surface area contributed by atoms with Crippen molar-refractivity contribution < 1.29 is 19.7 Å². The summed E-state index contributed by atoms with van der Waals surface area (Å²) in [5.41, 5.74) is 1.19. The molecule has 0 saturated carbocycles. The van der Waals surface area contributed by atoms with Gasteiger partial charge >= 0.3 is 0 Å². The molecule has 1 aromatic rings. The average molecular weight is 264 g/mol. The molecule has 19 heavy (non-hydrogen) atoms. The second-order valence-corrected chi connectivity index (χ2v) is 5.00. The lowest BCUT2D eigenvalue weighted by Crippen LogP contribution is -2.46. The quantitative estimate of drug-likeness (QED) is 0.384. The molecule has 1 N–H and O–H groups in total. The summed E-state index contributed by atoms with van der Waals surface area (Å²) in [6, 6.07) is 3.74. The van der Waals surface area contributed by atoms with Gasteiger partial charge in [0.2, 0.25) is 11.4 Å². The van der Waals surface area contributed by atoms with Crippen LogP contribution in [0.1, 0.15) is 47.3 Å². The van der Waals surface area contributed by atoms with Crippen molar-refractivity contribution in [1.29, 1.82) is 0 Å². The summed E-state index contributed by atoms with van der Waals surface area (Å²) in [5.74, 6) is -0.948. The van der Waals surface area contributed by atoms with E-state index in [0.29, 0.717) is 5.56 Å². The minimum absolute atomic E-state index is 0.118. The largest absolute Gasteiger partial charge is 0.296 e. The van der Waals surface area contributed by atoms with Crippen LogP contribution in [0.2, 0.25) is 0 Å². The van der Waals surface area contributed by atoms with Gasteiger partial charge in [-0.1, -0.05) is 24.6 Å². The van der Waals surface area contributed by atoms with E-state index in [1.165, 1.54) is 6.92 Å². The predicted molar refractivity (Wildman–Crippen MR) is 72.4 cm³/mol. The van der Waals surface area contributed by atoms with E-state index in [0.717, 1.165) is 16.7 Å². The van der Waals surface area contributed by atoms with Crippen molar-refractivity contribution in [3.8, 4) is 0 Å². The highest BCUT2D eigenvalue weighted by molar-refractivity contribution is 6.18. The zero-order valence-electron chi connectivity index (χ0n) is 12.0. The van der Waals surface area contributed by atoms with Crippen LogP contribution in [-0.4, -0.2) is 22.4 Å². The van der Waals surface area contributed by atoms with E-state index in [1.807, 2.05) is 19.1 Å². The van der Waals surface area contributed by atoms with Gasteiger partial charge in [0.15, 0.2) is 5.78 Å². The Balaban J connectivity index is 3.38. The molecule has 0 heterocycles. The van der Waals surface area contributed by atoms with Crippen LogP contribution >= 0.6 is 0 Å². The molecule has 104 valence electrons. The topological polar surface area (TPSA) is 63.6 Å². The zero-order valence-corrected chi connectivity index (χ0v) is 12.0. The van der Waals surface area contributed by atoms with Gasteiger partial charge in [-0.2, -0.15) is 0 Å². The summed E-state index contributed by atoms with van der Waals surface area (Å²) in [7, 11) is 0.